The number of amides is 3. The number of unbranched alkanes of at least 4 members (excludes halogenated alkanes) is 1. The van der Waals surface area contributed by atoms with Crippen molar-refractivity contribution in [3.63, 3.8) is 0 Å². The van der Waals surface area contributed by atoms with E-state index < -0.39 is 6.04 Å². The Morgan fingerprint density at radius 1 is 1.20 bits per heavy atom. The van der Waals surface area contributed by atoms with Gasteiger partial charge in [-0.3, -0.25) is 19.7 Å². The fourth-order valence-electron chi connectivity index (χ4n) is 4.05. The van der Waals surface area contributed by atoms with Gasteiger partial charge in [0.1, 0.15) is 6.04 Å². The van der Waals surface area contributed by atoms with Crippen molar-refractivity contribution in [3.8, 4) is 0 Å². The maximum absolute atomic E-state index is 12.9. The Balaban J connectivity index is 1.44. The highest BCUT2D eigenvalue weighted by Crippen LogP contribution is 2.28. The van der Waals surface area contributed by atoms with Crippen molar-refractivity contribution in [1.82, 2.24) is 20.4 Å². The molecule has 1 aromatic rings. The molecule has 8 nitrogen and oxygen atoms in total. The Labute approximate surface area is 178 Å². The number of rotatable bonds is 11. The summed E-state index contributed by atoms with van der Waals surface area (Å²) in [7, 11) is 2.13. The van der Waals surface area contributed by atoms with E-state index in [1.54, 1.807) is 4.90 Å². The molecule has 1 atom stereocenters. The third kappa shape index (κ3) is 5.65. The van der Waals surface area contributed by atoms with Crippen LogP contribution in [0.3, 0.4) is 0 Å². The van der Waals surface area contributed by atoms with Crippen LogP contribution in [0.25, 0.3) is 0 Å². The Bertz CT molecular complexity index is 782. The zero-order valence-electron chi connectivity index (χ0n) is 17.8. The zero-order valence-corrected chi connectivity index (χ0v) is 17.8. The van der Waals surface area contributed by atoms with Crippen LogP contribution in [0.1, 0.15) is 53.6 Å². The molecular formula is C22H33N5O3. The Morgan fingerprint density at radius 2 is 2.00 bits per heavy atom. The van der Waals surface area contributed by atoms with Crippen molar-refractivity contribution < 1.29 is 14.4 Å². The maximum atomic E-state index is 12.9. The standard InChI is InChI=1S/C22H33N5O3/c1-26(12-4-9-23)11-3-2-10-24-14-16-5-6-17-15-27(22(30)18(17)13-16)19-7-8-20(28)25-21(19)29/h5-6,13,19,24H,2-4,7-12,14-15,23H2,1H3,(H,25,28,29). The number of nitrogens with zero attached hydrogens (tertiary/aromatic N) is 2. The molecular weight excluding hydrogens is 382 g/mol. The summed E-state index contributed by atoms with van der Waals surface area (Å²) in [5.74, 6) is -0.763. The molecule has 1 unspecified atom stereocenters. The lowest BCUT2D eigenvalue weighted by atomic mass is 10.0. The van der Waals surface area contributed by atoms with E-state index >= 15 is 0 Å². The van der Waals surface area contributed by atoms with Crippen molar-refractivity contribution in [1.29, 1.82) is 0 Å². The minimum absolute atomic E-state index is 0.123. The zero-order chi connectivity index (χ0) is 21.5. The summed E-state index contributed by atoms with van der Waals surface area (Å²) < 4.78 is 0. The molecule has 2 heterocycles. The van der Waals surface area contributed by atoms with E-state index in [-0.39, 0.29) is 24.1 Å². The van der Waals surface area contributed by atoms with E-state index in [4.69, 9.17) is 5.73 Å². The molecule has 3 rings (SSSR count). The van der Waals surface area contributed by atoms with Gasteiger partial charge in [0, 0.05) is 25.1 Å². The number of piperidine rings is 1. The lowest BCUT2D eigenvalue weighted by molar-refractivity contribution is -0.136. The Hall–Kier alpha value is -2.29. The van der Waals surface area contributed by atoms with Crippen LogP contribution in [-0.2, 0) is 22.7 Å². The average molecular weight is 416 g/mol. The number of hydrogen-bond donors (Lipinski definition) is 3. The molecule has 0 radical (unpaired) electrons. The number of hydrogen-bond acceptors (Lipinski definition) is 6. The average Bonchev–Trinajstić information content (AvgIpc) is 3.05. The van der Waals surface area contributed by atoms with Crippen LogP contribution >= 0.6 is 0 Å². The highest BCUT2D eigenvalue weighted by molar-refractivity contribution is 6.05. The summed E-state index contributed by atoms with van der Waals surface area (Å²) in [6.45, 7) is 4.92. The summed E-state index contributed by atoms with van der Waals surface area (Å²) in [5.41, 5.74) is 8.20. The highest BCUT2D eigenvalue weighted by Gasteiger charge is 2.39. The molecule has 2 aliphatic rings. The molecule has 0 bridgehead atoms. The van der Waals surface area contributed by atoms with Gasteiger partial charge in [0.15, 0.2) is 0 Å². The van der Waals surface area contributed by atoms with Crippen LogP contribution in [0, 0.1) is 0 Å². The van der Waals surface area contributed by atoms with Gasteiger partial charge in [-0.1, -0.05) is 12.1 Å². The van der Waals surface area contributed by atoms with E-state index in [1.807, 2.05) is 18.2 Å². The van der Waals surface area contributed by atoms with Gasteiger partial charge in [0.25, 0.3) is 5.91 Å². The fourth-order valence-corrected chi connectivity index (χ4v) is 4.05. The molecule has 0 spiro atoms. The molecule has 3 amide bonds. The van der Waals surface area contributed by atoms with Gasteiger partial charge in [-0.25, -0.2) is 0 Å². The van der Waals surface area contributed by atoms with E-state index in [0.717, 1.165) is 56.6 Å². The smallest absolute Gasteiger partial charge is 0.255 e. The molecule has 1 saturated heterocycles. The first-order valence-corrected chi connectivity index (χ1v) is 10.9. The SMILES string of the molecule is CN(CCCN)CCCCNCc1ccc2c(c1)C(=O)N(C1CCC(=O)NC1=O)C2. The fraction of sp³-hybridized carbons (Fsp3) is 0.591. The maximum Gasteiger partial charge on any atom is 0.255 e. The summed E-state index contributed by atoms with van der Waals surface area (Å²) in [4.78, 5) is 40.3. The molecule has 1 aromatic carbocycles. The second kappa shape index (κ2) is 10.7. The van der Waals surface area contributed by atoms with Crippen LogP contribution in [0.2, 0.25) is 0 Å². The minimum Gasteiger partial charge on any atom is -0.330 e. The summed E-state index contributed by atoms with van der Waals surface area (Å²) in [5, 5.41) is 5.78. The first kappa shape index (κ1) is 22.4. The second-order valence-electron chi connectivity index (χ2n) is 8.22. The van der Waals surface area contributed by atoms with Crippen LogP contribution in [0.5, 0.6) is 0 Å². The van der Waals surface area contributed by atoms with Gasteiger partial charge in [-0.2, -0.15) is 0 Å². The summed E-state index contributed by atoms with van der Waals surface area (Å²) >= 11 is 0. The molecule has 2 aliphatic heterocycles. The number of nitrogens with one attached hydrogen (secondary N) is 2. The van der Waals surface area contributed by atoms with Gasteiger partial charge in [-0.15, -0.1) is 0 Å². The predicted molar refractivity (Wildman–Crippen MR) is 115 cm³/mol. The van der Waals surface area contributed by atoms with E-state index in [0.29, 0.717) is 25.1 Å². The van der Waals surface area contributed by atoms with Crippen molar-refractivity contribution in [2.45, 2.75) is 51.2 Å². The van der Waals surface area contributed by atoms with E-state index in [2.05, 4.69) is 22.6 Å². The first-order valence-electron chi connectivity index (χ1n) is 10.9. The van der Waals surface area contributed by atoms with Crippen LogP contribution in [-0.4, -0.2) is 66.8 Å². The van der Waals surface area contributed by atoms with Gasteiger partial charge in [0.05, 0.1) is 0 Å². The van der Waals surface area contributed by atoms with Gasteiger partial charge in [-0.05, 0) is 76.1 Å². The molecule has 0 aromatic heterocycles. The first-order chi connectivity index (χ1) is 14.5. The molecule has 30 heavy (non-hydrogen) atoms. The summed E-state index contributed by atoms with van der Waals surface area (Å²) in [6.07, 6.45) is 3.93. The van der Waals surface area contributed by atoms with Gasteiger partial charge >= 0.3 is 0 Å². The van der Waals surface area contributed by atoms with E-state index in [1.165, 1.54) is 0 Å². The lowest BCUT2D eigenvalue weighted by Gasteiger charge is -2.29. The quantitative estimate of drug-likeness (QED) is 0.361. The molecule has 1 fully saturated rings. The third-order valence-corrected chi connectivity index (χ3v) is 5.81. The van der Waals surface area contributed by atoms with Crippen molar-refractivity contribution in [2.75, 3.05) is 33.2 Å². The van der Waals surface area contributed by atoms with Crippen molar-refractivity contribution >= 4 is 17.7 Å². The highest BCUT2D eigenvalue weighted by atomic mass is 16.2. The molecule has 4 N–H and O–H groups in total. The number of imide groups is 1. The predicted octanol–water partition coefficient (Wildman–Crippen LogP) is 0.598. The molecule has 0 aliphatic carbocycles. The number of carbonyl (C=O) groups is 3. The molecule has 0 saturated carbocycles. The number of fused-ring (bicyclic) bond motifs is 1. The lowest BCUT2D eigenvalue weighted by Crippen LogP contribution is -2.52. The number of benzene rings is 1. The Morgan fingerprint density at radius 3 is 2.77 bits per heavy atom. The normalized spacial score (nSPS) is 18.8. The molecule has 8 heteroatoms. The van der Waals surface area contributed by atoms with Crippen molar-refractivity contribution in [2.24, 2.45) is 5.73 Å². The van der Waals surface area contributed by atoms with Crippen LogP contribution in [0.15, 0.2) is 18.2 Å². The van der Waals surface area contributed by atoms with Gasteiger partial charge < -0.3 is 20.9 Å². The topological polar surface area (TPSA) is 108 Å². The van der Waals surface area contributed by atoms with Crippen molar-refractivity contribution in [3.05, 3.63) is 34.9 Å². The second-order valence-corrected chi connectivity index (χ2v) is 8.22. The monoisotopic (exact) mass is 415 g/mol. The summed E-state index contributed by atoms with van der Waals surface area (Å²) in [6, 6.07) is 5.38. The van der Waals surface area contributed by atoms with E-state index in [9.17, 15) is 14.4 Å². The molecule has 164 valence electrons. The number of carbonyl (C=O) groups excluding carboxylic acids is 3. The van der Waals surface area contributed by atoms with Gasteiger partial charge in [0.2, 0.25) is 11.8 Å². The third-order valence-electron chi connectivity index (χ3n) is 5.81. The Kier molecular flexibility index (Phi) is 7.95. The van der Waals surface area contributed by atoms with Crippen LogP contribution in [0.4, 0.5) is 0 Å². The van der Waals surface area contributed by atoms with Crippen LogP contribution < -0.4 is 16.4 Å². The number of nitrogens with two attached hydrogens (primary N) is 1. The largest absolute Gasteiger partial charge is 0.330 e. The minimum atomic E-state index is -0.563.